The highest BCUT2D eigenvalue weighted by molar-refractivity contribution is 6.10. The van der Waals surface area contributed by atoms with Crippen molar-refractivity contribution in [3.63, 3.8) is 0 Å². The maximum Gasteiger partial charge on any atom is 0.216 e. The van der Waals surface area contributed by atoms with Crippen LogP contribution < -0.4 is 4.57 Å². The zero-order chi connectivity index (χ0) is 16.8. The molecule has 0 spiro atoms. The standard InChI is InChI=1S/C21H17N2O/c1-13-4-8-18(23(3)12-13)20-14(2)5-7-16-17-10-15(11-22)6-9-19(17)24-21(16)20/h4-10,12H,1-3H3/q+1. The normalized spacial score (nSPS) is 11.1. The highest BCUT2D eigenvalue weighted by atomic mass is 16.3. The first kappa shape index (κ1) is 14.5. The van der Waals surface area contributed by atoms with Crippen molar-refractivity contribution >= 4 is 21.9 Å². The fraction of sp³-hybridized carbons (Fsp3) is 0.143. The second-order valence-corrected chi connectivity index (χ2v) is 6.26. The number of pyridine rings is 1. The minimum absolute atomic E-state index is 0.646. The van der Waals surface area contributed by atoms with E-state index in [1.54, 1.807) is 6.07 Å². The number of furan rings is 1. The first-order valence-electron chi connectivity index (χ1n) is 7.91. The average Bonchev–Trinajstić information content (AvgIpc) is 2.93. The van der Waals surface area contributed by atoms with Gasteiger partial charge >= 0.3 is 0 Å². The molecule has 0 aliphatic rings. The predicted molar refractivity (Wildman–Crippen MR) is 94.5 cm³/mol. The van der Waals surface area contributed by atoms with Crippen molar-refractivity contribution in [3.05, 3.63) is 65.4 Å². The number of aromatic nitrogens is 1. The second-order valence-electron chi connectivity index (χ2n) is 6.26. The topological polar surface area (TPSA) is 40.8 Å². The van der Waals surface area contributed by atoms with Gasteiger partial charge in [0, 0.05) is 22.4 Å². The van der Waals surface area contributed by atoms with Crippen LogP contribution in [-0.2, 0) is 7.05 Å². The summed E-state index contributed by atoms with van der Waals surface area (Å²) in [5.74, 6) is 0. The average molecular weight is 313 g/mol. The number of aryl methyl sites for hydroxylation is 3. The fourth-order valence-corrected chi connectivity index (χ4v) is 3.33. The molecule has 24 heavy (non-hydrogen) atoms. The summed E-state index contributed by atoms with van der Waals surface area (Å²) in [4.78, 5) is 0. The summed E-state index contributed by atoms with van der Waals surface area (Å²) in [6.45, 7) is 4.18. The molecule has 0 N–H and O–H groups in total. The van der Waals surface area contributed by atoms with Crippen LogP contribution in [0.15, 0.2) is 53.1 Å². The van der Waals surface area contributed by atoms with E-state index in [9.17, 15) is 0 Å². The Kier molecular flexibility index (Phi) is 3.14. The molecule has 0 unspecified atom stereocenters. The quantitative estimate of drug-likeness (QED) is 0.483. The molecule has 0 saturated heterocycles. The van der Waals surface area contributed by atoms with Gasteiger partial charge in [0.15, 0.2) is 6.20 Å². The van der Waals surface area contributed by atoms with Gasteiger partial charge in [-0.25, -0.2) is 4.57 Å². The van der Waals surface area contributed by atoms with Gasteiger partial charge in [-0.1, -0.05) is 12.1 Å². The molecule has 2 heterocycles. The summed E-state index contributed by atoms with van der Waals surface area (Å²) >= 11 is 0. The van der Waals surface area contributed by atoms with E-state index in [0.29, 0.717) is 5.56 Å². The van der Waals surface area contributed by atoms with Crippen molar-refractivity contribution in [2.45, 2.75) is 13.8 Å². The van der Waals surface area contributed by atoms with Crippen molar-refractivity contribution < 1.29 is 8.98 Å². The summed E-state index contributed by atoms with van der Waals surface area (Å²) in [6.07, 6.45) is 2.12. The lowest BCUT2D eigenvalue weighted by Crippen LogP contribution is -2.31. The molecular formula is C21H17N2O+. The van der Waals surface area contributed by atoms with Gasteiger partial charge in [-0.2, -0.15) is 5.26 Å². The second kappa shape index (κ2) is 5.21. The molecule has 0 saturated carbocycles. The summed E-state index contributed by atoms with van der Waals surface area (Å²) < 4.78 is 8.31. The molecule has 0 aliphatic carbocycles. The van der Waals surface area contributed by atoms with E-state index in [1.165, 1.54) is 11.1 Å². The van der Waals surface area contributed by atoms with Crippen LogP contribution in [0.3, 0.4) is 0 Å². The van der Waals surface area contributed by atoms with E-state index in [1.807, 2.05) is 12.1 Å². The molecular weight excluding hydrogens is 296 g/mol. The third kappa shape index (κ3) is 2.08. The van der Waals surface area contributed by atoms with Crippen LogP contribution in [0.5, 0.6) is 0 Å². The Balaban J connectivity index is 2.12. The zero-order valence-corrected chi connectivity index (χ0v) is 13.9. The molecule has 4 aromatic rings. The van der Waals surface area contributed by atoms with Gasteiger partial charge in [0.1, 0.15) is 18.2 Å². The van der Waals surface area contributed by atoms with E-state index in [2.05, 4.69) is 62.0 Å². The lowest BCUT2D eigenvalue weighted by molar-refractivity contribution is -0.660. The first-order chi connectivity index (χ1) is 11.6. The van der Waals surface area contributed by atoms with Crippen molar-refractivity contribution in [1.82, 2.24) is 0 Å². The number of hydrogen-bond donors (Lipinski definition) is 0. The largest absolute Gasteiger partial charge is 0.455 e. The highest BCUT2D eigenvalue weighted by Gasteiger charge is 2.20. The summed E-state index contributed by atoms with van der Waals surface area (Å²) in [6, 6.07) is 16.2. The molecule has 0 radical (unpaired) electrons. The van der Waals surface area contributed by atoms with Gasteiger partial charge in [0.25, 0.3) is 0 Å². The Hall–Kier alpha value is -3.12. The summed E-state index contributed by atoms with van der Waals surface area (Å²) in [5.41, 5.74) is 6.93. The maximum absolute atomic E-state index is 9.16. The smallest absolute Gasteiger partial charge is 0.216 e. The van der Waals surface area contributed by atoms with Crippen LogP contribution in [0.25, 0.3) is 33.2 Å². The molecule has 4 rings (SSSR count). The number of benzene rings is 2. The van der Waals surface area contributed by atoms with Crippen LogP contribution in [0.1, 0.15) is 16.7 Å². The SMILES string of the molecule is Cc1ccc(-c2c(C)ccc3c2oc2ccc(C#N)cc23)[n+](C)c1. The van der Waals surface area contributed by atoms with Crippen molar-refractivity contribution in [3.8, 4) is 17.3 Å². The first-order valence-corrected chi connectivity index (χ1v) is 7.91. The van der Waals surface area contributed by atoms with Gasteiger partial charge in [-0.05, 0) is 43.7 Å². The Morgan fingerprint density at radius 2 is 1.83 bits per heavy atom. The molecule has 0 amide bonds. The molecule has 0 fully saturated rings. The minimum Gasteiger partial charge on any atom is -0.455 e. The third-order valence-electron chi connectivity index (χ3n) is 4.51. The lowest BCUT2D eigenvalue weighted by Gasteiger charge is -2.05. The molecule has 0 bridgehead atoms. The number of hydrogen-bond acceptors (Lipinski definition) is 2. The predicted octanol–water partition coefficient (Wildman–Crippen LogP) is 4.57. The van der Waals surface area contributed by atoms with Crippen LogP contribution in [-0.4, -0.2) is 0 Å². The number of nitrogens with zero attached hydrogens (tertiary/aromatic N) is 2. The van der Waals surface area contributed by atoms with E-state index in [4.69, 9.17) is 9.68 Å². The van der Waals surface area contributed by atoms with Gasteiger partial charge in [0.2, 0.25) is 5.69 Å². The minimum atomic E-state index is 0.646. The van der Waals surface area contributed by atoms with Crippen LogP contribution in [0, 0.1) is 25.2 Å². The zero-order valence-electron chi connectivity index (χ0n) is 13.9. The van der Waals surface area contributed by atoms with Gasteiger partial charge in [-0.15, -0.1) is 0 Å². The van der Waals surface area contributed by atoms with Crippen molar-refractivity contribution in [1.29, 1.82) is 5.26 Å². The van der Waals surface area contributed by atoms with Crippen molar-refractivity contribution in [2.75, 3.05) is 0 Å². The molecule has 2 aromatic carbocycles. The third-order valence-corrected chi connectivity index (χ3v) is 4.51. The number of nitriles is 1. The monoisotopic (exact) mass is 313 g/mol. The molecule has 2 aromatic heterocycles. The van der Waals surface area contributed by atoms with Gasteiger partial charge < -0.3 is 4.42 Å². The Labute approximate surface area is 140 Å². The maximum atomic E-state index is 9.16. The Morgan fingerprint density at radius 1 is 1.00 bits per heavy atom. The van der Waals surface area contributed by atoms with E-state index >= 15 is 0 Å². The van der Waals surface area contributed by atoms with Crippen molar-refractivity contribution in [2.24, 2.45) is 7.05 Å². The summed E-state index contributed by atoms with van der Waals surface area (Å²) in [5, 5.41) is 11.2. The van der Waals surface area contributed by atoms with Crippen LogP contribution in [0.4, 0.5) is 0 Å². The van der Waals surface area contributed by atoms with E-state index in [-0.39, 0.29) is 0 Å². The van der Waals surface area contributed by atoms with E-state index < -0.39 is 0 Å². The fourth-order valence-electron chi connectivity index (χ4n) is 3.33. The van der Waals surface area contributed by atoms with Gasteiger partial charge in [-0.3, -0.25) is 0 Å². The molecule has 3 nitrogen and oxygen atoms in total. The molecule has 0 atom stereocenters. The Morgan fingerprint density at radius 3 is 2.58 bits per heavy atom. The molecule has 116 valence electrons. The molecule has 0 aliphatic heterocycles. The number of fused-ring (bicyclic) bond motifs is 3. The summed E-state index contributed by atoms with van der Waals surface area (Å²) in [7, 11) is 2.05. The van der Waals surface area contributed by atoms with Crippen LogP contribution in [0.2, 0.25) is 0 Å². The Bertz CT molecular complexity index is 1150. The number of rotatable bonds is 1. The van der Waals surface area contributed by atoms with Gasteiger partial charge in [0.05, 0.1) is 17.2 Å². The highest BCUT2D eigenvalue weighted by Crippen LogP contribution is 2.37. The molecule has 3 heteroatoms. The lowest BCUT2D eigenvalue weighted by atomic mass is 10.00. The van der Waals surface area contributed by atoms with E-state index in [0.717, 1.165) is 33.2 Å². The van der Waals surface area contributed by atoms with Crippen LogP contribution >= 0.6 is 0 Å².